The first-order chi connectivity index (χ1) is 8.74. The van der Waals surface area contributed by atoms with Gasteiger partial charge in [0.25, 0.3) is 0 Å². The van der Waals surface area contributed by atoms with Crippen molar-refractivity contribution in [2.45, 2.75) is 18.9 Å². The van der Waals surface area contributed by atoms with Crippen LogP contribution in [0.1, 0.15) is 12.8 Å². The fraction of sp³-hybridized carbons (Fsp3) is 0.462. The van der Waals surface area contributed by atoms with Gasteiger partial charge in [0.2, 0.25) is 5.91 Å². The molecule has 1 atom stereocenters. The molecule has 1 aliphatic heterocycles. The molecule has 1 amide bonds. The van der Waals surface area contributed by atoms with Crippen LogP contribution < -0.4 is 21.1 Å². The zero-order chi connectivity index (χ0) is 12.8. The van der Waals surface area contributed by atoms with E-state index in [1.807, 2.05) is 24.3 Å². The average molecular weight is 249 g/mol. The number of ether oxygens (including phenoxy) is 1. The van der Waals surface area contributed by atoms with Gasteiger partial charge < -0.3 is 21.1 Å². The van der Waals surface area contributed by atoms with Crippen molar-refractivity contribution in [1.29, 1.82) is 0 Å². The van der Waals surface area contributed by atoms with Gasteiger partial charge in [-0.1, -0.05) is 0 Å². The minimum atomic E-state index is -0.345. The third-order valence-corrected chi connectivity index (χ3v) is 2.90. The van der Waals surface area contributed by atoms with E-state index in [9.17, 15) is 4.79 Å². The SMILES string of the molecule is NC(=O)CCOc1ccc(NC2CCNC2)cc1. The first kappa shape index (κ1) is 12.7. The summed E-state index contributed by atoms with van der Waals surface area (Å²) in [7, 11) is 0. The summed E-state index contributed by atoms with van der Waals surface area (Å²) in [5.41, 5.74) is 6.13. The number of amides is 1. The van der Waals surface area contributed by atoms with Crippen LogP contribution in [0.3, 0.4) is 0 Å². The van der Waals surface area contributed by atoms with E-state index in [2.05, 4.69) is 10.6 Å². The molecule has 0 aliphatic carbocycles. The highest BCUT2D eigenvalue weighted by Crippen LogP contribution is 2.17. The summed E-state index contributed by atoms with van der Waals surface area (Å²) in [5, 5.41) is 6.76. The lowest BCUT2D eigenvalue weighted by molar-refractivity contribution is -0.118. The summed E-state index contributed by atoms with van der Waals surface area (Å²) in [6, 6.07) is 8.26. The van der Waals surface area contributed by atoms with Crippen LogP contribution in [0.2, 0.25) is 0 Å². The molecule has 0 radical (unpaired) electrons. The number of nitrogens with two attached hydrogens (primary N) is 1. The van der Waals surface area contributed by atoms with E-state index in [1.165, 1.54) is 0 Å². The second-order valence-corrected chi connectivity index (χ2v) is 4.42. The van der Waals surface area contributed by atoms with Crippen molar-refractivity contribution in [3.05, 3.63) is 24.3 Å². The van der Waals surface area contributed by atoms with Gasteiger partial charge in [0.1, 0.15) is 5.75 Å². The van der Waals surface area contributed by atoms with Crippen molar-refractivity contribution in [1.82, 2.24) is 5.32 Å². The highest BCUT2D eigenvalue weighted by Gasteiger charge is 2.13. The Kier molecular flexibility index (Phi) is 4.41. The fourth-order valence-corrected chi connectivity index (χ4v) is 1.93. The molecule has 0 bridgehead atoms. The number of hydrogen-bond donors (Lipinski definition) is 3. The first-order valence-electron chi connectivity index (χ1n) is 6.22. The number of hydrogen-bond acceptors (Lipinski definition) is 4. The molecule has 1 aliphatic rings. The molecule has 1 fully saturated rings. The van der Waals surface area contributed by atoms with E-state index >= 15 is 0 Å². The van der Waals surface area contributed by atoms with E-state index in [4.69, 9.17) is 10.5 Å². The Bertz CT molecular complexity index is 386. The molecule has 1 saturated heterocycles. The highest BCUT2D eigenvalue weighted by molar-refractivity contribution is 5.73. The van der Waals surface area contributed by atoms with Crippen molar-refractivity contribution in [2.24, 2.45) is 5.73 Å². The molecule has 2 rings (SSSR count). The van der Waals surface area contributed by atoms with Crippen LogP contribution in [0.5, 0.6) is 5.75 Å². The van der Waals surface area contributed by atoms with Crippen LogP contribution in [-0.4, -0.2) is 31.6 Å². The lowest BCUT2D eigenvalue weighted by Crippen LogP contribution is -2.21. The predicted molar refractivity (Wildman–Crippen MR) is 70.6 cm³/mol. The normalized spacial score (nSPS) is 18.6. The molecule has 4 N–H and O–H groups in total. The molecule has 1 aromatic carbocycles. The Balaban J connectivity index is 1.79. The van der Waals surface area contributed by atoms with Gasteiger partial charge in [-0.2, -0.15) is 0 Å². The summed E-state index contributed by atoms with van der Waals surface area (Å²) >= 11 is 0. The van der Waals surface area contributed by atoms with Gasteiger partial charge in [-0.05, 0) is 37.2 Å². The van der Waals surface area contributed by atoms with Gasteiger partial charge in [-0.15, -0.1) is 0 Å². The highest BCUT2D eigenvalue weighted by atomic mass is 16.5. The van der Waals surface area contributed by atoms with Crippen molar-refractivity contribution in [3.8, 4) is 5.75 Å². The van der Waals surface area contributed by atoms with Crippen LogP contribution in [0.4, 0.5) is 5.69 Å². The van der Waals surface area contributed by atoms with E-state index < -0.39 is 0 Å². The average Bonchev–Trinajstić information content (AvgIpc) is 2.84. The quantitative estimate of drug-likeness (QED) is 0.694. The monoisotopic (exact) mass is 249 g/mol. The van der Waals surface area contributed by atoms with Crippen LogP contribution in [0, 0.1) is 0 Å². The van der Waals surface area contributed by atoms with E-state index in [0.717, 1.165) is 30.9 Å². The Hall–Kier alpha value is -1.75. The number of rotatable bonds is 6. The van der Waals surface area contributed by atoms with Crippen molar-refractivity contribution >= 4 is 11.6 Å². The number of carbonyl (C=O) groups is 1. The minimum Gasteiger partial charge on any atom is -0.493 e. The molecule has 98 valence electrons. The molecule has 5 heteroatoms. The zero-order valence-corrected chi connectivity index (χ0v) is 10.3. The zero-order valence-electron chi connectivity index (χ0n) is 10.3. The Morgan fingerprint density at radius 2 is 2.22 bits per heavy atom. The van der Waals surface area contributed by atoms with Crippen molar-refractivity contribution in [2.75, 3.05) is 25.0 Å². The lowest BCUT2D eigenvalue weighted by atomic mass is 10.2. The van der Waals surface area contributed by atoms with E-state index in [0.29, 0.717) is 12.6 Å². The van der Waals surface area contributed by atoms with Crippen LogP contribution >= 0.6 is 0 Å². The van der Waals surface area contributed by atoms with E-state index in [-0.39, 0.29) is 12.3 Å². The lowest BCUT2D eigenvalue weighted by Gasteiger charge is -2.13. The van der Waals surface area contributed by atoms with Gasteiger partial charge in [-0.3, -0.25) is 4.79 Å². The molecule has 5 nitrogen and oxygen atoms in total. The summed E-state index contributed by atoms with van der Waals surface area (Å²) < 4.78 is 5.40. The first-order valence-corrected chi connectivity index (χ1v) is 6.22. The van der Waals surface area contributed by atoms with Gasteiger partial charge in [0, 0.05) is 18.3 Å². The standard InChI is InChI=1S/C13H19N3O2/c14-13(17)6-8-18-12-3-1-10(2-4-12)16-11-5-7-15-9-11/h1-4,11,15-16H,5-9H2,(H2,14,17). The molecule has 18 heavy (non-hydrogen) atoms. The van der Waals surface area contributed by atoms with E-state index in [1.54, 1.807) is 0 Å². The van der Waals surface area contributed by atoms with Crippen LogP contribution in [-0.2, 0) is 4.79 Å². The van der Waals surface area contributed by atoms with Crippen molar-refractivity contribution < 1.29 is 9.53 Å². The minimum absolute atomic E-state index is 0.244. The molecule has 1 unspecified atom stereocenters. The number of benzene rings is 1. The van der Waals surface area contributed by atoms with Crippen LogP contribution in [0.25, 0.3) is 0 Å². The molecule has 0 saturated carbocycles. The van der Waals surface area contributed by atoms with Crippen molar-refractivity contribution in [3.63, 3.8) is 0 Å². The Morgan fingerprint density at radius 1 is 1.44 bits per heavy atom. The Labute approximate surface area is 107 Å². The van der Waals surface area contributed by atoms with Gasteiger partial charge in [0.05, 0.1) is 13.0 Å². The molecule has 0 aromatic heterocycles. The third-order valence-electron chi connectivity index (χ3n) is 2.90. The maximum Gasteiger partial charge on any atom is 0.220 e. The third kappa shape index (κ3) is 3.92. The topological polar surface area (TPSA) is 76.4 Å². The van der Waals surface area contributed by atoms with Gasteiger partial charge in [0.15, 0.2) is 0 Å². The maximum absolute atomic E-state index is 10.6. The smallest absolute Gasteiger partial charge is 0.220 e. The largest absolute Gasteiger partial charge is 0.493 e. The predicted octanol–water partition coefficient (Wildman–Crippen LogP) is 0.715. The molecule has 1 aromatic rings. The fourth-order valence-electron chi connectivity index (χ4n) is 1.93. The van der Waals surface area contributed by atoms with Gasteiger partial charge in [-0.25, -0.2) is 0 Å². The second kappa shape index (κ2) is 6.26. The molecular weight excluding hydrogens is 230 g/mol. The summed E-state index contributed by atoms with van der Waals surface area (Å²) in [4.78, 5) is 10.6. The van der Waals surface area contributed by atoms with Gasteiger partial charge >= 0.3 is 0 Å². The summed E-state index contributed by atoms with van der Waals surface area (Å²) in [6.45, 7) is 2.41. The number of primary amides is 1. The molecule has 0 spiro atoms. The Morgan fingerprint density at radius 3 is 2.83 bits per heavy atom. The number of anilines is 1. The summed E-state index contributed by atoms with van der Waals surface area (Å²) in [5.74, 6) is 0.411. The number of carbonyl (C=O) groups excluding carboxylic acids is 1. The second-order valence-electron chi connectivity index (χ2n) is 4.42. The van der Waals surface area contributed by atoms with Crippen LogP contribution in [0.15, 0.2) is 24.3 Å². The maximum atomic E-state index is 10.6. The molecular formula is C13H19N3O2. The summed E-state index contributed by atoms with van der Waals surface area (Å²) in [6.07, 6.45) is 1.39. The number of nitrogens with one attached hydrogen (secondary N) is 2. The molecule has 1 heterocycles.